The maximum Gasteiger partial charge on any atom is 0.252 e. The summed E-state index contributed by atoms with van der Waals surface area (Å²) in [6, 6.07) is 12.8. The van der Waals surface area contributed by atoms with Gasteiger partial charge in [0.2, 0.25) is 0 Å². The molecule has 7 heteroatoms. The van der Waals surface area contributed by atoms with Gasteiger partial charge in [-0.1, -0.05) is 6.07 Å². The van der Waals surface area contributed by atoms with E-state index in [9.17, 15) is 15.0 Å². The maximum atomic E-state index is 11.3. The van der Waals surface area contributed by atoms with Crippen LogP contribution in [0.25, 0.3) is 0 Å². The van der Waals surface area contributed by atoms with Gasteiger partial charge < -0.3 is 31.5 Å². The molecule has 2 aromatic carbocycles. The lowest BCUT2D eigenvalue weighted by molar-refractivity contribution is 0.0997. The van der Waals surface area contributed by atoms with Crippen LogP contribution < -0.4 is 21.3 Å². The van der Waals surface area contributed by atoms with Crippen molar-refractivity contribution in [1.29, 1.82) is 0 Å². The van der Waals surface area contributed by atoms with Gasteiger partial charge in [0, 0.05) is 44.6 Å². The van der Waals surface area contributed by atoms with Gasteiger partial charge in [-0.2, -0.15) is 0 Å². The molecular weight excluding hydrogens is 356 g/mol. The second-order valence-electron chi connectivity index (χ2n) is 6.97. The van der Waals surface area contributed by atoms with Crippen molar-refractivity contribution in [3.8, 4) is 5.75 Å². The Bertz CT molecular complexity index is 780. The lowest BCUT2D eigenvalue weighted by Gasteiger charge is -2.23. The average molecular weight is 386 g/mol. The lowest BCUT2D eigenvalue weighted by atomic mass is 10.0. The van der Waals surface area contributed by atoms with Crippen molar-refractivity contribution in [2.24, 2.45) is 5.73 Å². The Kier molecular flexibility index (Phi) is 7.66. The number of aliphatic hydroxyl groups is 1. The lowest BCUT2D eigenvalue weighted by Crippen LogP contribution is -2.33. The number of carbonyl (C=O) groups is 1. The van der Waals surface area contributed by atoms with E-state index in [0.717, 1.165) is 24.3 Å². The third kappa shape index (κ3) is 5.87. The predicted molar refractivity (Wildman–Crippen MR) is 113 cm³/mol. The van der Waals surface area contributed by atoms with Gasteiger partial charge in [-0.05, 0) is 55.3 Å². The normalized spacial score (nSPS) is 13.0. The first-order valence-corrected chi connectivity index (χ1v) is 9.35. The molecule has 0 aromatic heterocycles. The zero-order valence-corrected chi connectivity index (χ0v) is 16.6. The zero-order valence-electron chi connectivity index (χ0n) is 16.6. The van der Waals surface area contributed by atoms with Gasteiger partial charge in [0.1, 0.15) is 5.75 Å². The molecule has 6 N–H and O–H groups in total. The number of aliphatic hydroxyl groups excluding tert-OH is 1. The van der Waals surface area contributed by atoms with Gasteiger partial charge in [-0.15, -0.1) is 0 Å². The first-order valence-electron chi connectivity index (χ1n) is 9.35. The fraction of sp³-hybridized carbons (Fsp3) is 0.381. The number of anilines is 2. The van der Waals surface area contributed by atoms with Crippen LogP contribution in [0.5, 0.6) is 5.75 Å². The number of hydrogen-bond donors (Lipinski definition) is 5. The van der Waals surface area contributed by atoms with E-state index in [1.54, 1.807) is 6.07 Å². The minimum Gasteiger partial charge on any atom is -0.507 e. The van der Waals surface area contributed by atoms with Gasteiger partial charge >= 0.3 is 0 Å². The highest BCUT2D eigenvalue weighted by atomic mass is 16.3. The molecule has 2 aromatic rings. The molecule has 7 nitrogen and oxygen atoms in total. The summed E-state index contributed by atoms with van der Waals surface area (Å²) in [6.07, 6.45) is 0.104. The quantitative estimate of drug-likeness (QED) is 0.427. The Morgan fingerprint density at radius 2 is 1.89 bits per heavy atom. The highest BCUT2D eigenvalue weighted by molar-refractivity contribution is 5.95. The highest BCUT2D eigenvalue weighted by Gasteiger charge is 2.14. The molecule has 0 fully saturated rings. The predicted octanol–water partition coefficient (Wildman–Crippen LogP) is 2.07. The molecule has 152 valence electrons. The third-order valence-corrected chi connectivity index (χ3v) is 4.82. The summed E-state index contributed by atoms with van der Waals surface area (Å²) in [7, 11) is 3.95. The molecule has 0 heterocycles. The van der Waals surface area contributed by atoms with Crippen LogP contribution in [0.4, 0.5) is 11.4 Å². The molecule has 2 rings (SSSR count). The molecule has 0 saturated heterocycles. The highest BCUT2D eigenvalue weighted by Crippen LogP contribution is 2.22. The Morgan fingerprint density at radius 1 is 1.21 bits per heavy atom. The summed E-state index contributed by atoms with van der Waals surface area (Å²) < 4.78 is 0. The summed E-state index contributed by atoms with van der Waals surface area (Å²) in [5, 5.41) is 26.4. The van der Waals surface area contributed by atoms with Crippen molar-refractivity contribution < 1.29 is 15.0 Å². The number of benzene rings is 2. The van der Waals surface area contributed by atoms with E-state index >= 15 is 0 Å². The van der Waals surface area contributed by atoms with E-state index in [4.69, 9.17) is 5.73 Å². The number of primary amides is 1. The number of aromatic hydroxyl groups is 1. The van der Waals surface area contributed by atoms with Crippen LogP contribution in [0.3, 0.4) is 0 Å². The fourth-order valence-electron chi connectivity index (χ4n) is 2.89. The molecule has 0 bridgehead atoms. The number of hydrogen-bond acceptors (Lipinski definition) is 6. The monoisotopic (exact) mass is 386 g/mol. The average Bonchev–Trinajstić information content (AvgIpc) is 2.70. The van der Waals surface area contributed by atoms with Crippen molar-refractivity contribution in [3.05, 3.63) is 53.6 Å². The van der Waals surface area contributed by atoms with Crippen molar-refractivity contribution in [1.82, 2.24) is 5.32 Å². The number of amides is 1. The van der Waals surface area contributed by atoms with E-state index in [0.29, 0.717) is 12.1 Å². The minimum absolute atomic E-state index is 0.00974. The molecular formula is C21H30N4O3. The third-order valence-electron chi connectivity index (χ3n) is 4.82. The number of phenols is 1. The maximum absolute atomic E-state index is 11.3. The Labute approximate surface area is 166 Å². The number of nitrogens with one attached hydrogen (secondary N) is 2. The molecule has 1 amide bonds. The van der Waals surface area contributed by atoms with Crippen molar-refractivity contribution in [3.63, 3.8) is 0 Å². The number of carbonyl (C=O) groups excluding carboxylic acids is 1. The molecule has 0 aliphatic heterocycles. The van der Waals surface area contributed by atoms with Gasteiger partial charge in [0.05, 0.1) is 11.7 Å². The molecule has 0 radical (unpaired) electrons. The van der Waals surface area contributed by atoms with Crippen molar-refractivity contribution >= 4 is 17.3 Å². The van der Waals surface area contributed by atoms with Crippen LogP contribution in [0, 0.1) is 0 Å². The second kappa shape index (κ2) is 9.96. The summed E-state index contributed by atoms with van der Waals surface area (Å²) in [4.78, 5) is 13.5. The van der Waals surface area contributed by atoms with Crippen molar-refractivity contribution in [2.75, 3.05) is 37.4 Å². The molecule has 2 unspecified atom stereocenters. The molecule has 0 aliphatic carbocycles. The van der Waals surface area contributed by atoms with Crippen LogP contribution in [0.15, 0.2) is 42.5 Å². The van der Waals surface area contributed by atoms with Crippen LogP contribution in [0.1, 0.15) is 35.4 Å². The SMILES string of the molecule is CNc1ccc(N(C)CCC(C)NCC(O)c2ccc(O)c(C(N)=O)c2)cc1. The number of nitrogens with zero attached hydrogens (tertiary/aromatic N) is 1. The van der Waals surface area contributed by atoms with E-state index < -0.39 is 12.0 Å². The molecule has 28 heavy (non-hydrogen) atoms. The molecule has 0 spiro atoms. The van der Waals surface area contributed by atoms with Crippen LogP contribution in [-0.4, -0.2) is 49.3 Å². The largest absolute Gasteiger partial charge is 0.507 e. The first-order chi connectivity index (χ1) is 13.3. The first kappa shape index (κ1) is 21.5. The van der Waals surface area contributed by atoms with E-state index in [-0.39, 0.29) is 17.4 Å². The molecule has 2 atom stereocenters. The summed E-state index contributed by atoms with van der Waals surface area (Å²) in [5.41, 5.74) is 8.00. The zero-order chi connectivity index (χ0) is 20.7. The summed E-state index contributed by atoms with van der Waals surface area (Å²) in [6.45, 7) is 3.27. The van der Waals surface area contributed by atoms with Gasteiger partial charge in [-0.25, -0.2) is 0 Å². The van der Waals surface area contributed by atoms with E-state index in [2.05, 4.69) is 41.6 Å². The number of nitrogens with two attached hydrogens (primary N) is 1. The Balaban J connectivity index is 1.82. The van der Waals surface area contributed by atoms with E-state index in [1.807, 2.05) is 19.2 Å². The smallest absolute Gasteiger partial charge is 0.252 e. The summed E-state index contributed by atoms with van der Waals surface area (Å²) >= 11 is 0. The van der Waals surface area contributed by atoms with Gasteiger partial charge in [0.15, 0.2) is 0 Å². The fourth-order valence-corrected chi connectivity index (χ4v) is 2.89. The van der Waals surface area contributed by atoms with Crippen molar-refractivity contribution in [2.45, 2.75) is 25.5 Å². The van der Waals surface area contributed by atoms with Crippen LogP contribution in [-0.2, 0) is 0 Å². The number of rotatable bonds is 10. The molecule has 0 saturated carbocycles. The topological polar surface area (TPSA) is 111 Å². The standard InChI is InChI=1S/C21H30N4O3/c1-14(10-11-25(3)17-7-5-16(23-2)6-8-17)24-13-20(27)15-4-9-19(26)18(12-15)21(22)28/h4-9,12,14,20,23-24,26-27H,10-11,13H2,1-3H3,(H2,22,28). The minimum atomic E-state index is -0.798. The summed E-state index contributed by atoms with van der Waals surface area (Å²) in [5.74, 6) is -0.908. The second-order valence-corrected chi connectivity index (χ2v) is 6.97. The van der Waals surface area contributed by atoms with Gasteiger partial charge in [-0.3, -0.25) is 4.79 Å². The van der Waals surface area contributed by atoms with E-state index in [1.165, 1.54) is 12.1 Å². The Morgan fingerprint density at radius 3 is 2.50 bits per heavy atom. The van der Waals surface area contributed by atoms with Crippen LogP contribution >= 0.6 is 0 Å². The van der Waals surface area contributed by atoms with Crippen LogP contribution in [0.2, 0.25) is 0 Å². The Hall–Kier alpha value is -2.77. The van der Waals surface area contributed by atoms with Gasteiger partial charge in [0.25, 0.3) is 5.91 Å². The molecule has 0 aliphatic rings.